The van der Waals surface area contributed by atoms with Crippen LogP contribution in [-0.4, -0.2) is 24.5 Å². The molecule has 1 rings (SSSR count). The molecule has 1 amide bonds. The molecule has 1 unspecified atom stereocenters. The van der Waals surface area contributed by atoms with Gasteiger partial charge in [-0.3, -0.25) is 4.79 Å². The SMILES string of the molecule is CCCCCCCOC(=O)C(C)NC(=O)c1cccc(F)c1. The van der Waals surface area contributed by atoms with Crippen LogP contribution in [-0.2, 0) is 9.53 Å². The molecule has 0 saturated heterocycles. The van der Waals surface area contributed by atoms with E-state index >= 15 is 0 Å². The fourth-order valence-corrected chi connectivity index (χ4v) is 1.97. The molecule has 1 aromatic carbocycles. The molecule has 0 aliphatic heterocycles. The summed E-state index contributed by atoms with van der Waals surface area (Å²) in [5.74, 6) is -1.46. The number of benzene rings is 1. The molecule has 0 bridgehead atoms. The van der Waals surface area contributed by atoms with E-state index in [4.69, 9.17) is 4.74 Å². The first-order valence-corrected chi connectivity index (χ1v) is 7.77. The summed E-state index contributed by atoms with van der Waals surface area (Å²) in [5, 5.41) is 2.50. The lowest BCUT2D eigenvalue weighted by atomic mass is 10.2. The lowest BCUT2D eigenvalue weighted by Gasteiger charge is -2.13. The average molecular weight is 309 g/mol. The zero-order chi connectivity index (χ0) is 16.4. The number of carbonyl (C=O) groups excluding carboxylic acids is 2. The summed E-state index contributed by atoms with van der Waals surface area (Å²) in [6.07, 6.45) is 5.36. The highest BCUT2D eigenvalue weighted by Crippen LogP contribution is 2.05. The van der Waals surface area contributed by atoms with E-state index < -0.39 is 23.7 Å². The summed E-state index contributed by atoms with van der Waals surface area (Å²) in [7, 11) is 0. The van der Waals surface area contributed by atoms with Gasteiger partial charge in [0.15, 0.2) is 0 Å². The Morgan fingerprint density at radius 2 is 1.95 bits per heavy atom. The minimum Gasteiger partial charge on any atom is -0.464 e. The largest absolute Gasteiger partial charge is 0.464 e. The molecule has 122 valence electrons. The van der Waals surface area contributed by atoms with Crippen LogP contribution in [0.4, 0.5) is 4.39 Å². The molecule has 22 heavy (non-hydrogen) atoms. The van der Waals surface area contributed by atoms with E-state index in [0.29, 0.717) is 6.61 Å². The van der Waals surface area contributed by atoms with Gasteiger partial charge in [0.2, 0.25) is 0 Å². The highest BCUT2D eigenvalue weighted by Gasteiger charge is 2.18. The molecule has 0 aliphatic rings. The van der Waals surface area contributed by atoms with Crippen molar-refractivity contribution in [2.45, 2.75) is 52.0 Å². The molecule has 0 radical (unpaired) electrons. The van der Waals surface area contributed by atoms with Crippen molar-refractivity contribution in [2.24, 2.45) is 0 Å². The number of esters is 1. The van der Waals surface area contributed by atoms with Crippen molar-refractivity contribution in [3.05, 3.63) is 35.6 Å². The molecule has 0 aromatic heterocycles. The van der Waals surface area contributed by atoms with Crippen molar-refractivity contribution in [1.82, 2.24) is 5.32 Å². The minimum atomic E-state index is -0.758. The Bertz CT molecular complexity index is 491. The molecule has 1 aromatic rings. The van der Waals surface area contributed by atoms with Crippen molar-refractivity contribution in [3.8, 4) is 0 Å². The molecule has 0 spiro atoms. The summed E-state index contributed by atoms with van der Waals surface area (Å²) >= 11 is 0. The van der Waals surface area contributed by atoms with E-state index in [9.17, 15) is 14.0 Å². The van der Waals surface area contributed by atoms with Crippen LogP contribution in [0, 0.1) is 5.82 Å². The molecule has 5 heteroatoms. The summed E-state index contributed by atoms with van der Waals surface area (Å²) in [4.78, 5) is 23.6. The van der Waals surface area contributed by atoms with Gasteiger partial charge in [-0.2, -0.15) is 0 Å². The minimum absolute atomic E-state index is 0.180. The molecule has 0 fully saturated rings. The molecule has 4 nitrogen and oxygen atoms in total. The van der Waals surface area contributed by atoms with Gasteiger partial charge in [0.05, 0.1) is 6.61 Å². The fraction of sp³-hybridized carbons (Fsp3) is 0.529. The summed E-state index contributed by atoms with van der Waals surface area (Å²) < 4.78 is 18.2. The van der Waals surface area contributed by atoms with E-state index in [1.165, 1.54) is 31.0 Å². The second-order valence-electron chi connectivity index (χ2n) is 5.29. The molecular formula is C17H24FNO3. The van der Waals surface area contributed by atoms with E-state index in [1.807, 2.05) is 0 Å². The fourth-order valence-electron chi connectivity index (χ4n) is 1.97. The first-order chi connectivity index (χ1) is 10.5. The summed E-state index contributed by atoms with van der Waals surface area (Å²) in [6, 6.07) is 4.56. The van der Waals surface area contributed by atoms with Crippen LogP contribution in [0.3, 0.4) is 0 Å². The van der Waals surface area contributed by atoms with Gasteiger partial charge < -0.3 is 10.1 Å². The summed E-state index contributed by atoms with van der Waals surface area (Å²) in [5.41, 5.74) is 0.180. The van der Waals surface area contributed by atoms with Crippen LogP contribution >= 0.6 is 0 Å². The Balaban J connectivity index is 2.30. The Labute approximate surface area is 131 Å². The van der Waals surface area contributed by atoms with Crippen LogP contribution < -0.4 is 5.32 Å². The smallest absolute Gasteiger partial charge is 0.328 e. The predicted molar refractivity (Wildman–Crippen MR) is 83.0 cm³/mol. The third-order valence-corrected chi connectivity index (χ3v) is 3.28. The normalized spacial score (nSPS) is 11.8. The van der Waals surface area contributed by atoms with E-state index in [-0.39, 0.29) is 5.56 Å². The van der Waals surface area contributed by atoms with Gasteiger partial charge in [-0.15, -0.1) is 0 Å². The van der Waals surface area contributed by atoms with Crippen molar-refractivity contribution >= 4 is 11.9 Å². The molecular weight excluding hydrogens is 285 g/mol. The zero-order valence-electron chi connectivity index (χ0n) is 13.2. The summed E-state index contributed by atoms with van der Waals surface area (Å²) in [6.45, 7) is 4.06. The van der Waals surface area contributed by atoms with Crippen molar-refractivity contribution in [3.63, 3.8) is 0 Å². The number of halogens is 1. The first-order valence-electron chi connectivity index (χ1n) is 7.77. The lowest BCUT2D eigenvalue weighted by molar-refractivity contribution is -0.145. The number of hydrogen-bond donors (Lipinski definition) is 1. The van der Waals surface area contributed by atoms with Gasteiger partial charge in [0, 0.05) is 5.56 Å². The van der Waals surface area contributed by atoms with Crippen LogP contribution in [0.15, 0.2) is 24.3 Å². The average Bonchev–Trinajstić information content (AvgIpc) is 2.50. The van der Waals surface area contributed by atoms with Crippen molar-refractivity contribution in [2.75, 3.05) is 6.61 Å². The first kappa shape index (κ1) is 18.1. The zero-order valence-corrected chi connectivity index (χ0v) is 13.2. The van der Waals surface area contributed by atoms with Crippen LogP contribution in [0.25, 0.3) is 0 Å². The highest BCUT2D eigenvalue weighted by molar-refractivity contribution is 5.96. The second kappa shape index (κ2) is 9.92. The monoisotopic (exact) mass is 309 g/mol. The van der Waals surface area contributed by atoms with Crippen molar-refractivity contribution < 1.29 is 18.7 Å². The number of rotatable bonds is 9. The van der Waals surface area contributed by atoms with Crippen molar-refractivity contribution in [1.29, 1.82) is 0 Å². The molecule has 1 N–H and O–H groups in total. The van der Waals surface area contributed by atoms with Gasteiger partial charge in [0.25, 0.3) is 5.91 Å². The standard InChI is InChI=1S/C17H24FNO3/c1-3-4-5-6-7-11-22-17(21)13(2)19-16(20)14-9-8-10-15(18)12-14/h8-10,12-13H,3-7,11H2,1-2H3,(H,19,20). The maximum absolute atomic E-state index is 13.0. The van der Waals surface area contributed by atoms with Crippen LogP contribution in [0.2, 0.25) is 0 Å². The van der Waals surface area contributed by atoms with Crippen LogP contribution in [0.1, 0.15) is 56.3 Å². The molecule has 1 atom stereocenters. The van der Waals surface area contributed by atoms with E-state index in [2.05, 4.69) is 12.2 Å². The Morgan fingerprint density at radius 3 is 2.64 bits per heavy atom. The van der Waals surface area contributed by atoms with Crippen LogP contribution in [0.5, 0.6) is 0 Å². The second-order valence-corrected chi connectivity index (χ2v) is 5.29. The quantitative estimate of drug-likeness (QED) is 0.561. The topological polar surface area (TPSA) is 55.4 Å². The number of amides is 1. The highest BCUT2D eigenvalue weighted by atomic mass is 19.1. The van der Waals surface area contributed by atoms with Gasteiger partial charge in [-0.1, -0.05) is 38.7 Å². The third kappa shape index (κ3) is 6.70. The maximum Gasteiger partial charge on any atom is 0.328 e. The number of nitrogens with one attached hydrogen (secondary N) is 1. The van der Waals surface area contributed by atoms with E-state index in [0.717, 1.165) is 25.3 Å². The number of unbranched alkanes of at least 4 members (excludes halogenated alkanes) is 4. The Hall–Kier alpha value is -1.91. The Kier molecular flexibility index (Phi) is 8.18. The van der Waals surface area contributed by atoms with E-state index in [1.54, 1.807) is 6.92 Å². The molecule has 0 saturated carbocycles. The maximum atomic E-state index is 13.0. The van der Waals surface area contributed by atoms with Gasteiger partial charge in [-0.05, 0) is 31.5 Å². The van der Waals surface area contributed by atoms with Gasteiger partial charge >= 0.3 is 5.97 Å². The molecule has 0 aliphatic carbocycles. The molecule has 0 heterocycles. The Morgan fingerprint density at radius 1 is 1.23 bits per heavy atom. The lowest BCUT2D eigenvalue weighted by Crippen LogP contribution is -2.39. The van der Waals surface area contributed by atoms with Gasteiger partial charge in [-0.25, -0.2) is 9.18 Å². The third-order valence-electron chi connectivity index (χ3n) is 3.28. The number of hydrogen-bond acceptors (Lipinski definition) is 3. The van der Waals surface area contributed by atoms with Gasteiger partial charge in [0.1, 0.15) is 11.9 Å². The number of carbonyl (C=O) groups is 2. The predicted octanol–water partition coefficient (Wildman–Crippen LogP) is 3.46. The number of ether oxygens (including phenoxy) is 1.